The van der Waals surface area contributed by atoms with Gasteiger partial charge >= 0.3 is 5.97 Å². The molecule has 0 amide bonds. The summed E-state index contributed by atoms with van der Waals surface area (Å²) in [6.45, 7) is 5.36. The number of hydrogen-bond acceptors (Lipinski definition) is 4. The summed E-state index contributed by atoms with van der Waals surface area (Å²) in [7, 11) is 0. The van der Waals surface area contributed by atoms with E-state index >= 15 is 0 Å². The van der Waals surface area contributed by atoms with Crippen molar-refractivity contribution in [3.8, 4) is 0 Å². The van der Waals surface area contributed by atoms with E-state index in [1.165, 1.54) is 212 Å². The summed E-state index contributed by atoms with van der Waals surface area (Å²) in [6.07, 6.45) is 56.8. The Kier molecular flexibility index (Phi) is 45.0. The maximum Gasteiger partial charge on any atom is 0.306 e. The summed E-state index contributed by atoms with van der Waals surface area (Å²) < 4.78 is 11.2. The van der Waals surface area contributed by atoms with Gasteiger partial charge < -0.3 is 14.6 Å². The highest BCUT2D eigenvalue weighted by Gasteiger charge is 2.13. The van der Waals surface area contributed by atoms with Gasteiger partial charge in [0.15, 0.2) is 0 Å². The molecule has 0 spiro atoms. The quantitative estimate of drug-likeness (QED) is 0.0385. The Morgan fingerprint density at radius 1 is 0.442 bits per heavy atom. The van der Waals surface area contributed by atoms with E-state index in [0.29, 0.717) is 19.6 Å². The highest BCUT2D eigenvalue weighted by molar-refractivity contribution is 5.69. The fourth-order valence-corrected chi connectivity index (χ4v) is 6.97. The van der Waals surface area contributed by atoms with Crippen LogP contribution in [0.3, 0.4) is 0 Å². The molecule has 1 N–H and O–H groups in total. The molecule has 0 radical (unpaired) electrons. The maximum absolute atomic E-state index is 12.2. The number of ether oxygens (including phenoxy) is 2. The molecule has 4 nitrogen and oxygen atoms in total. The molecule has 0 aliphatic heterocycles. The molecule has 0 aliphatic rings. The molecule has 0 aromatic carbocycles. The summed E-state index contributed by atoms with van der Waals surface area (Å²) >= 11 is 0. The van der Waals surface area contributed by atoms with Crippen molar-refractivity contribution in [1.82, 2.24) is 0 Å². The fraction of sp³-hybridized carbons (Fsp3) is 0.896. The largest absolute Gasteiger partial charge is 0.457 e. The number of rotatable bonds is 44. The van der Waals surface area contributed by atoms with Crippen molar-refractivity contribution in [2.45, 2.75) is 258 Å². The van der Waals surface area contributed by atoms with Crippen molar-refractivity contribution < 1.29 is 19.4 Å². The normalized spacial score (nSPS) is 12.4. The second-order valence-electron chi connectivity index (χ2n) is 15.8. The van der Waals surface area contributed by atoms with Gasteiger partial charge in [-0.1, -0.05) is 205 Å². The first-order chi connectivity index (χ1) is 25.7. The highest BCUT2D eigenvalue weighted by Crippen LogP contribution is 2.15. The van der Waals surface area contributed by atoms with Crippen LogP contribution in [0, 0.1) is 0 Å². The molecule has 0 bridgehead atoms. The molecule has 0 aliphatic carbocycles. The van der Waals surface area contributed by atoms with Gasteiger partial charge in [-0.3, -0.25) is 4.79 Å². The van der Waals surface area contributed by atoms with Crippen LogP contribution in [0.25, 0.3) is 0 Å². The van der Waals surface area contributed by atoms with Gasteiger partial charge in [0, 0.05) is 13.0 Å². The van der Waals surface area contributed by atoms with Crippen LogP contribution in [0.2, 0.25) is 0 Å². The van der Waals surface area contributed by atoms with Crippen molar-refractivity contribution in [2.24, 2.45) is 0 Å². The van der Waals surface area contributed by atoms with E-state index in [1.807, 2.05) is 0 Å². The van der Waals surface area contributed by atoms with E-state index in [-0.39, 0.29) is 12.6 Å². The van der Waals surface area contributed by atoms with Crippen LogP contribution in [0.5, 0.6) is 0 Å². The standard InChI is InChI=1S/C48H92O4/c1-3-5-7-9-11-13-15-17-19-20-21-22-23-24-25-26-27-28-29-31-33-35-37-39-41-43-48(50)52-47(45-49)46-51-44-42-40-38-36-34-32-30-18-16-14-12-10-8-6-4-2/h16,18,20-21,47,49H,3-15,17,19,22-46H2,1-2H3/b18-16-,21-20-. The average molecular weight is 733 g/mol. The third-order valence-electron chi connectivity index (χ3n) is 10.5. The number of carbonyl (C=O) groups is 1. The molecule has 308 valence electrons. The number of aliphatic hydroxyl groups is 1. The molecule has 52 heavy (non-hydrogen) atoms. The lowest BCUT2D eigenvalue weighted by Crippen LogP contribution is -2.27. The van der Waals surface area contributed by atoms with Gasteiger partial charge in [0.1, 0.15) is 6.10 Å². The first kappa shape index (κ1) is 50.9. The van der Waals surface area contributed by atoms with Gasteiger partial charge in [-0.15, -0.1) is 0 Å². The first-order valence-electron chi connectivity index (χ1n) is 23.4. The Labute approximate surface area is 326 Å². The Bertz CT molecular complexity index is 732. The Morgan fingerprint density at radius 3 is 1.10 bits per heavy atom. The maximum atomic E-state index is 12.2. The third-order valence-corrected chi connectivity index (χ3v) is 10.5. The van der Waals surface area contributed by atoms with Crippen LogP contribution >= 0.6 is 0 Å². The van der Waals surface area contributed by atoms with Crippen molar-refractivity contribution in [3.05, 3.63) is 24.3 Å². The van der Waals surface area contributed by atoms with Gasteiger partial charge in [-0.25, -0.2) is 0 Å². The van der Waals surface area contributed by atoms with Crippen molar-refractivity contribution in [3.63, 3.8) is 0 Å². The number of unbranched alkanes of at least 4 members (excludes halogenated alkanes) is 32. The van der Waals surface area contributed by atoms with Crippen molar-refractivity contribution >= 4 is 5.97 Å². The highest BCUT2D eigenvalue weighted by atomic mass is 16.6. The summed E-state index contributed by atoms with van der Waals surface area (Å²) in [5.41, 5.74) is 0. The smallest absolute Gasteiger partial charge is 0.306 e. The summed E-state index contributed by atoms with van der Waals surface area (Å²) in [5, 5.41) is 9.61. The molecule has 1 unspecified atom stereocenters. The summed E-state index contributed by atoms with van der Waals surface area (Å²) in [5.74, 6) is -0.199. The van der Waals surface area contributed by atoms with Crippen LogP contribution in [-0.2, 0) is 14.3 Å². The lowest BCUT2D eigenvalue weighted by atomic mass is 10.0. The molecule has 0 rings (SSSR count). The minimum absolute atomic E-state index is 0.171. The van der Waals surface area contributed by atoms with Crippen LogP contribution in [0.15, 0.2) is 24.3 Å². The topological polar surface area (TPSA) is 55.8 Å². The SMILES string of the molecule is CCCCCCC/C=C\CCCCCCCCOCC(CO)OC(=O)CCCCCCCCCCCCCCC/C=C\CCCCCCCCCC. The predicted octanol–water partition coefficient (Wildman–Crippen LogP) is 15.5. The number of allylic oxidation sites excluding steroid dienone is 4. The van der Waals surface area contributed by atoms with Crippen LogP contribution in [0.1, 0.15) is 251 Å². The summed E-state index contributed by atoms with van der Waals surface area (Å²) in [6, 6.07) is 0. The van der Waals surface area contributed by atoms with Gasteiger partial charge in [-0.2, -0.15) is 0 Å². The number of esters is 1. The van der Waals surface area contributed by atoms with Gasteiger partial charge in [0.25, 0.3) is 0 Å². The third kappa shape index (κ3) is 43.3. The van der Waals surface area contributed by atoms with E-state index in [2.05, 4.69) is 38.2 Å². The molecule has 1 atom stereocenters. The van der Waals surface area contributed by atoms with Crippen LogP contribution in [-0.4, -0.2) is 37.0 Å². The second kappa shape index (κ2) is 46.0. The van der Waals surface area contributed by atoms with Gasteiger partial charge in [0.2, 0.25) is 0 Å². The van der Waals surface area contributed by atoms with E-state index in [4.69, 9.17) is 9.47 Å². The molecule has 0 saturated carbocycles. The molecular formula is C48H92O4. The van der Waals surface area contributed by atoms with E-state index in [9.17, 15) is 9.90 Å². The molecular weight excluding hydrogens is 641 g/mol. The average Bonchev–Trinajstić information content (AvgIpc) is 3.15. The van der Waals surface area contributed by atoms with Crippen LogP contribution in [0.4, 0.5) is 0 Å². The minimum atomic E-state index is -0.534. The molecule has 0 heterocycles. The second-order valence-corrected chi connectivity index (χ2v) is 15.8. The van der Waals surface area contributed by atoms with E-state index < -0.39 is 6.10 Å². The Morgan fingerprint density at radius 2 is 0.750 bits per heavy atom. The van der Waals surface area contributed by atoms with Crippen LogP contribution < -0.4 is 0 Å². The zero-order chi connectivity index (χ0) is 37.7. The number of carbonyl (C=O) groups excluding carboxylic acids is 1. The number of aliphatic hydroxyl groups excluding tert-OH is 1. The van der Waals surface area contributed by atoms with Crippen molar-refractivity contribution in [2.75, 3.05) is 19.8 Å². The lowest BCUT2D eigenvalue weighted by molar-refractivity contribution is -0.154. The minimum Gasteiger partial charge on any atom is -0.457 e. The zero-order valence-corrected chi connectivity index (χ0v) is 35.3. The van der Waals surface area contributed by atoms with Gasteiger partial charge in [-0.05, 0) is 64.2 Å². The molecule has 0 saturated heterocycles. The lowest BCUT2D eigenvalue weighted by Gasteiger charge is -2.15. The molecule has 4 heteroatoms. The van der Waals surface area contributed by atoms with Crippen molar-refractivity contribution in [1.29, 1.82) is 0 Å². The number of hydrogen-bond donors (Lipinski definition) is 1. The van der Waals surface area contributed by atoms with E-state index in [1.54, 1.807) is 0 Å². The fourth-order valence-electron chi connectivity index (χ4n) is 6.97. The molecule has 0 fully saturated rings. The first-order valence-corrected chi connectivity index (χ1v) is 23.4. The monoisotopic (exact) mass is 733 g/mol. The van der Waals surface area contributed by atoms with Gasteiger partial charge in [0.05, 0.1) is 13.2 Å². The molecule has 0 aromatic heterocycles. The predicted molar refractivity (Wildman–Crippen MR) is 228 cm³/mol. The zero-order valence-electron chi connectivity index (χ0n) is 35.3. The summed E-state index contributed by atoms with van der Waals surface area (Å²) in [4.78, 5) is 12.2. The Balaban J connectivity index is 3.38. The van der Waals surface area contributed by atoms with E-state index in [0.717, 1.165) is 19.3 Å². The Hall–Kier alpha value is -1.13. The molecule has 0 aromatic rings.